The molecule has 3 unspecified atom stereocenters. The second kappa shape index (κ2) is 6.38. The molecule has 1 amide bonds. The van der Waals surface area contributed by atoms with Crippen LogP contribution >= 0.6 is 0 Å². The number of amides is 1. The number of hydrogen-bond acceptors (Lipinski definition) is 3. The summed E-state index contributed by atoms with van der Waals surface area (Å²) < 4.78 is 45.3. The van der Waals surface area contributed by atoms with Crippen LogP contribution < -0.4 is 0 Å². The highest BCUT2D eigenvalue weighted by Gasteiger charge is 2.37. The van der Waals surface area contributed by atoms with Gasteiger partial charge in [-0.05, 0) is 25.7 Å². The number of fused-ring (bicyclic) bond motifs is 1. The van der Waals surface area contributed by atoms with Crippen LogP contribution in [0.2, 0.25) is 0 Å². The standard InChI is InChI=1S/C16H22F3N3O2/c1-10-12(5-6-24-10)15(23)21(2)7-11-3-4-14-20-13(16(17,18)19)9-22(14)8-11/h9-12H,3-8H2,1-2H3. The summed E-state index contributed by atoms with van der Waals surface area (Å²) in [5, 5.41) is 0. The van der Waals surface area contributed by atoms with E-state index in [1.165, 1.54) is 0 Å². The lowest BCUT2D eigenvalue weighted by Crippen LogP contribution is -2.40. The van der Waals surface area contributed by atoms with Gasteiger partial charge in [-0.25, -0.2) is 4.98 Å². The van der Waals surface area contributed by atoms with Gasteiger partial charge in [0.15, 0.2) is 5.69 Å². The molecule has 1 fully saturated rings. The number of imidazole rings is 1. The van der Waals surface area contributed by atoms with Gasteiger partial charge in [-0.3, -0.25) is 4.79 Å². The Kier molecular flexibility index (Phi) is 4.59. The van der Waals surface area contributed by atoms with Crippen molar-refractivity contribution in [3.05, 3.63) is 17.7 Å². The number of halogens is 3. The molecule has 0 spiro atoms. The van der Waals surface area contributed by atoms with Gasteiger partial charge in [0.25, 0.3) is 0 Å². The van der Waals surface area contributed by atoms with Gasteiger partial charge in [-0.2, -0.15) is 13.2 Å². The van der Waals surface area contributed by atoms with Crippen LogP contribution in [0.1, 0.15) is 31.3 Å². The summed E-state index contributed by atoms with van der Waals surface area (Å²) in [7, 11) is 1.76. The Morgan fingerprint density at radius 2 is 2.21 bits per heavy atom. The number of hydrogen-bond donors (Lipinski definition) is 0. The number of carbonyl (C=O) groups excluding carboxylic acids is 1. The summed E-state index contributed by atoms with van der Waals surface area (Å²) in [4.78, 5) is 17.9. The van der Waals surface area contributed by atoms with Gasteiger partial charge in [0.05, 0.1) is 12.0 Å². The van der Waals surface area contributed by atoms with Gasteiger partial charge < -0.3 is 14.2 Å². The van der Waals surface area contributed by atoms with Crippen LogP contribution in [0.4, 0.5) is 13.2 Å². The van der Waals surface area contributed by atoms with E-state index in [2.05, 4.69) is 4.98 Å². The Morgan fingerprint density at radius 3 is 2.83 bits per heavy atom. The van der Waals surface area contributed by atoms with Gasteiger partial charge in [0.2, 0.25) is 5.91 Å². The first-order valence-corrected chi connectivity index (χ1v) is 8.25. The van der Waals surface area contributed by atoms with Crippen molar-refractivity contribution in [1.82, 2.24) is 14.5 Å². The minimum Gasteiger partial charge on any atom is -0.378 e. The van der Waals surface area contributed by atoms with E-state index in [0.717, 1.165) is 19.0 Å². The molecule has 0 saturated carbocycles. The smallest absolute Gasteiger partial charge is 0.378 e. The van der Waals surface area contributed by atoms with E-state index in [0.29, 0.717) is 31.9 Å². The molecular weight excluding hydrogens is 323 g/mol. The van der Waals surface area contributed by atoms with Crippen molar-refractivity contribution in [2.75, 3.05) is 20.2 Å². The molecule has 0 N–H and O–H groups in total. The van der Waals surface area contributed by atoms with E-state index in [9.17, 15) is 18.0 Å². The van der Waals surface area contributed by atoms with Crippen LogP contribution in [-0.4, -0.2) is 46.7 Å². The van der Waals surface area contributed by atoms with E-state index in [-0.39, 0.29) is 23.8 Å². The Morgan fingerprint density at radius 1 is 1.46 bits per heavy atom. The van der Waals surface area contributed by atoms with Gasteiger partial charge >= 0.3 is 6.18 Å². The Hall–Kier alpha value is -1.57. The molecule has 24 heavy (non-hydrogen) atoms. The van der Waals surface area contributed by atoms with Crippen LogP contribution in [0.15, 0.2) is 6.20 Å². The molecule has 8 heteroatoms. The van der Waals surface area contributed by atoms with Crippen molar-refractivity contribution in [3.63, 3.8) is 0 Å². The minimum atomic E-state index is -4.41. The van der Waals surface area contributed by atoms with Crippen LogP contribution in [0, 0.1) is 11.8 Å². The first-order chi connectivity index (χ1) is 11.3. The van der Waals surface area contributed by atoms with E-state index in [4.69, 9.17) is 4.74 Å². The van der Waals surface area contributed by atoms with Gasteiger partial charge in [0.1, 0.15) is 5.82 Å². The lowest BCUT2D eigenvalue weighted by molar-refractivity contribution is -0.141. The summed E-state index contributed by atoms with van der Waals surface area (Å²) in [6.45, 7) is 3.52. The Labute approximate surface area is 138 Å². The molecular formula is C16H22F3N3O2. The molecule has 134 valence electrons. The minimum absolute atomic E-state index is 0.0624. The predicted octanol–water partition coefficient (Wildman–Crippen LogP) is 2.35. The fourth-order valence-corrected chi connectivity index (χ4v) is 3.62. The number of nitrogens with zero attached hydrogens (tertiary/aromatic N) is 3. The van der Waals surface area contributed by atoms with E-state index >= 15 is 0 Å². The third-order valence-corrected chi connectivity index (χ3v) is 4.98. The van der Waals surface area contributed by atoms with Gasteiger partial charge in [-0.1, -0.05) is 0 Å². The van der Waals surface area contributed by atoms with E-state index in [1.807, 2.05) is 6.92 Å². The molecule has 3 heterocycles. The summed E-state index contributed by atoms with van der Waals surface area (Å²) in [6.07, 6.45) is -1.42. The lowest BCUT2D eigenvalue weighted by Gasteiger charge is -2.30. The van der Waals surface area contributed by atoms with Gasteiger partial charge in [0, 0.05) is 39.4 Å². The largest absolute Gasteiger partial charge is 0.434 e. The summed E-state index contributed by atoms with van der Waals surface area (Å²) in [5.41, 5.74) is -0.834. The molecule has 1 saturated heterocycles. The number of ether oxygens (including phenoxy) is 1. The van der Waals surface area contributed by atoms with Crippen molar-refractivity contribution >= 4 is 5.91 Å². The molecule has 2 aliphatic heterocycles. The first-order valence-electron chi connectivity index (χ1n) is 8.25. The topological polar surface area (TPSA) is 47.4 Å². The molecule has 5 nitrogen and oxygen atoms in total. The fourth-order valence-electron chi connectivity index (χ4n) is 3.62. The average Bonchev–Trinajstić information content (AvgIpc) is 3.11. The molecule has 1 aromatic rings. The molecule has 0 bridgehead atoms. The number of alkyl halides is 3. The molecule has 0 aromatic carbocycles. The third kappa shape index (κ3) is 3.43. The maximum absolute atomic E-state index is 12.8. The van der Waals surface area contributed by atoms with Crippen molar-refractivity contribution < 1.29 is 22.7 Å². The summed E-state index contributed by atoms with van der Waals surface area (Å²) in [6, 6.07) is 0. The highest BCUT2D eigenvalue weighted by Crippen LogP contribution is 2.31. The van der Waals surface area contributed by atoms with Crippen LogP contribution in [0.5, 0.6) is 0 Å². The van der Waals surface area contributed by atoms with Crippen LogP contribution in [0.3, 0.4) is 0 Å². The second-order valence-corrected chi connectivity index (χ2v) is 6.79. The normalized spacial score (nSPS) is 27.1. The maximum Gasteiger partial charge on any atom is 0.434 e. The zero-order valence-corrected chi connectivity index (χ0v) is 13.8. The SMILES string of the molecule is CC1OCCC1C(=O)N(C)CC1CCc2nc(C(F)(F)F)cn2C1. The van der Waals surface area contributed by atoms with Crippen LogP contribution in [-0.2, 0) is 28.7 Å². The third-order valence-electron chi connectivity index (χ3n) is 4.98. The molecule has 2 aliphatic rings. The van der Waals surface area contributed by atoms with Crippen LogP contribution in [0.25, 0.3) is 0 Å². The summed E-state index contributed by atoms with van der Waals surface area (Å²) >= 11 is 0. The molecule has 3 rings (SSSR count). The summed E-state index contributed by atoms with van der Waals surface area (Å²) in [5.74, 6) is 0.566. The van der Waals surface area contributed by atoms with Crippen molar-refractivity contribution in [2.45, 2.75) is 45.0 Å². The number of carbonyl (C=O) groups is 1. The van der Waals surface area contributed by atoms with Crippen molar-refractivity contribution in [1.29, 1.82) is 0 Å². The monoisotopic (exact) mass is 345 g/mol. The van der Waals surface area contributed by atoms with E-state index < -0.39 is 11.9 Å². The quantitative estimate of drug-likeness (QED) is 0.845. The number of aryl methyl sites for hydroxylation is 1. The van der Waals surface area contributed by atoms with Crippen molar-refractivity contribution in [2.24, 2.45) is 11.8 Å². The molecule has 3 atom stereocenters. The van der Waals surface area contributed by atoms with Crippen molar-refractivity contribution in [3.8, 4) is 0 Å². The highest BCUT2D eigenvalue weighted by molar-refractivity contribution is 5.79. The number of aromatic nitrogens is 2. The van der Waals surface area contributed by atoms with Gasteiger partial charge in [-0.15, -0.1) is 0 Å². The second-order valence-electron chi connectivity index (χ2n) is 6.79. The average molecular weight is 345 g/mol. The maximum atomic E-state index is 12.8. The molecule has 0 aliphatic carbocycles. The molecule has 1 aromatic heterocycles. The Bertz CT molecular complexity index is 614. The predicted molar refractivity (Wildman–Crippen MR) is 80.2 cm³/mol. The first kappa shape index (κ1) is 17.3. The zero-order chi connectivity index (χ0) is 17.5. The highest BCUT2D eigenvalue weighted by atomic mass is 19.4. The zero-order valence-electron chi connectivity index (χ0n) is 13.8. The van der Waals surface area contributed by atoms with E-state index in [1.54, 1.807) is 16.5 Å². The number of rotatable bonds is 3. The fraction of sp³-hybridized carbons (Fsp3) is 0.750. The lowest BCUT2D eigenvalue weighted by atomic mass is 9.97. The molecule has 0 radical (unpaired) electrons. The Balaban J connectivity index is 1.61.